The topological polar surface area (TPSA) is 128 Å². The van der Waals surface area contributed by atoms with Crippen LogP contribution in [0, 0.1) is 0 Å². The highest BCUT2D eigenvalue weighted by Crippen LogP contribution is 2.54. The zero-order chi connectivity index (χ0) is 24.2. The Balaban J connectivity index is 2.37. The Bertz CT molecular complexity index is 804. The summed E-state index contributed by atoms with van der Waals surface area (Å²) in [5.41, 5.74) is -2.04. The molecule has 0 radical (unpaired) electrons. The smallest absolute Gasteiger partial charge is 0.410 e. The van der Waals surface area contributed by atoms with Crippen LogP contribution >= 0.6 is 7.37 Å². The fraction of sp³-hybridized carbons (Fsp3) is 0.526. The number of hydrogen-bond donors (Lipinski definition) is 2. The maximum atomic E-state index is 13.1. The van der Waals surface area contributed by atoms with Gasteiger partial charge in [0, 0.05) is 12.6 Å². The summed E-state index contributed by atoms with van der Waals surface area (Å²) in [6, 6.07) is 8.80. The number of hydrogen-bond acceptors (Lipinski definition) is 7. The first-order valence-corrected chi connectivity index (χ1v) is 11.5. The Labute approximate surface area is 182 Å². The number of esters is 2. The molecule has 2 N–H and O–H groups in total. The van der Waals surface area contributed by atoms with Crippen molar-refractivity contribution in [3.05, 3.63) is 35.9 Å². The van der Waals surface area contributed by atoms with Crippen molar-refractivity contribution in [3.8, 4) is 0 Å². The quantitative estimate of drug-likeness (QED) is 0.201. The highest BCUT2D eigenvalue weighted by molar-refractivity contribution is 7.58. The van der Waals surface area contributed by atoms with Gasteiger partial charge < -0.3 is 19.1 Å². The normalized spacial score (nSPS) is 14.0. The van der Waals surface area contributed by atoms with Crippen LogP contribution in [-0.2, 0) is 35.0 Å². The van der Waals surface area contributed by atoms with Gasteiger partial charge in [-0.25, -0.2) is 4.79 Å². The lowest BCUT2D eigenvalue weighted by molar-refractivity contribution is -0.156. The number of halogens is 3. The van der Waals surface area contributed by atoms with E-state index >= 15 is 0 Å². The van der Waals surface area contributed by atoms with Gasteiger partial charge in [0.15, 0.2) is 6.73 Å². The fourth-order valence-corrected chi connectivity index (χ4v) is 4.31. The summed E-state index contributed by atoms with van der Waals surface area (Å²) in [7, 11) is -4.86. The van der Waals surface area contributed by atoms with E-state index in [0.717, 1.165) is 5.56 Å². The minimum absolute atomic E-state index is 0.00141. The molecule has 180 valence electrons. The molecule has 0 heterocycles. The minimum Gasteiger partial charge on any atom is -0.466 e. The van der Waals surface area contributed by atoms with Crippen LogP contribution in [0.3, 0.4) is 0 Å². The second-order valence-electron chi connectivity index (χ2n) is 6.55. The minimum atomic E-state index is -5.10. The van der Waals surface area contributed by atoms with Gasteiger partial charge in [-0.05, 0) is 18.9 Å². The fourth-order valence-electron chi connectivity index (χ4n) is 2.49. The van der Waals surface area contributed by atoms with Crippen molar-refractivity contribution in [2.75, 3.05) is 19.5 Å². The number of carbonyl (C=O) groups is 3. The number of alkyl carbamates (subject to hydrolysis) is 1. The first kappa shape index (κ1) is 27.4. The standard InChI is InChI=1S/C19H25F3NO8P/c1-2-29-17(25)11-15(19(20,21)22)32(27,28)10-6-9-16(24)31-13-23-18(26)30-12-14-7-4-3-5-8-14/h3-5,7-8,15H,2,6,9-13H2,1H3,(H,23,26)(H,27,28)/t15-/m0/s1. The van der Waals surface area contributed by atoms with Crippen molar-refractivity contribution in [3.63, 3.8) is 0 Å². The number of nitrogens with one attached hydrogen (secondary N) is 1. The highest BCUT2D eigenvalue weighted by Gasteiger charge is 2.51. The zero-order valence-corrected chi connectivity index (χ0v) is 18.2. The molecule has 0 saturated heterocycles. The molecular formula is C19H25F3NO8P. The number of rotatable bonds is 12. The van der Waals surface area contributed by atoms with E-state index < -0.39 is 63.0 Å². The molecule has 0 bridgehead atoms. The van der Waals surface area contributed by atoms with Crippen LogP contribution in [-0.4, -0.2) is 54.3 Å². The van der Waals surface area contributed by atoms with E-state index in [1.165, 1.54) is 6.92 Å². The largest absolute Gasteiger partial charge is 0.466 e. The van der Waals surface area contributed by atoms with Crippen molar-refractivity contribution < 1.29 is 51.2 Å². The molecule has 2 atom stereocenters. The third-order valence-corrected chi connectivity index (χ3v) is 6.46. The van der Waals surface area contributed by atoms with Crippen LogP contribution in [0.5, 0.6) is 0 Å². The van der Waals surface area contributed by atoms with Crippen LogP contribution in [0.1, 0.15) is 31.7 Å². The van der Waals surface area contributed by atoms with E-state index in [-0.39, 0.29) is 19.6 Å². The first-order valence-electron chi connectivity index (χ1n) is 9.59. The van der Waals surface area contributed by atoms with Gasteiger partial charge in [0.1, 0.15) is 12.3 Å². The second-order valence-corrected chi connectivity index (χ2v) is 9.13. The van der Waals surface area contributed by atoms with Gasteiger partial charge in [-0.1, -0.05) is 30.3 Å². The van der Waals surface area contributed by atoms with Crippen LogP contribution < -0.4 is 5.32 Å². The van der Waals surface area contributed by atoms with Crippen molar-refractivity contribution >= 4 is 25.4 Å². The molecule has 0 aliphatic rings. The molecule has 1 aromatic carbocycles. The molecule has 1 unspecified atom stereocenters. The Kier molecular flexibility index (Phi) is 11.2. The zero-order valence-electron chi connectivity index (χ0n) is 17.3. The Hall–Kier alpha value is -2.59. The Morgan fingerprint density at radius 3 is 2.34 bits per heavy atom. The molecule has 13 heteroatoms. The molecular weight excluding hydrogens is 458 g/mol. The average molecular weight is 483 g/mol. The van der Waals surface area contributed by atoms with Gasteiger partial charge in [-0.2, -0.15) is 13.2 Å². The number of carbonyl (C=O) groups excluding carboxylic acids is 3. The SMILES string of the molecule is CCOC(=O)C[C@@H](C(F)(F)F)P(=O)(O)CCCC(=O)OCNC(=O)OCc1ccccc1. The average Bonchev–Trinajstić information content (AvgIpc) is 2.70. The summed E-state index contributed by atoms with van der Waals surface area (Å²) < 4.78 is 65.6. The summed E-state index contributed by atoms with van der Waals surface area (Å²) >= 11 is 0. The van der Waals surface area contributed by atoms with E-state index in [2.05, 4.69) is 14.8 Å². The molecule has 9 nitrogen and oxygen atoms in total. The van der Waals surface area contributed by atoms with Gasteiger partial charge in [-0.3, -0.25) is 19.5 Å². The van der Waals surface area contributed by atoms with Gasteiger partial charge in [-0.15, -0.1) is 0 Å². The van der Waals surface area contributed by atoms with Crippen LogP contribution in [0.2, 0.25) is 0 Å². The second kappa shape index (κ2) is 13.1. The van der Waals surface area contributed by atoms with Crippen molar-refractivity contribution in [2.24, 2.45) is 0 Å². The van der Waals surface area contributed by atoms with Gasteiger partial charge in [0.2, 0.25) is 7.37 Å². The third-order valence-electron chi connectivity index (χ3n) is 4.05. The van der Waals surface area contributed by atoms with E-state index in [9.17, 15) is 37.0 Å². The summed E-state index contributed by atoms with van der Waals surface area (Å²) in [6.07, 6.45) is -8.94. The molecule has 0 fully saturated rings. The van der Waals surface area contributed by atoms with E-state index in [0.29, 0.717) is 0 Å². The molecule has 0 aromatic heterocycles. The molecule has 1 rings (SSSR count). The Morgan fingerprint density at radius 1 is 1.09 bits per heavy atom. The van der Waals surface area contributed by atoms with Gasteiger partial charge in [0.05, 0.1) is 13.0 Å². The van der Waals surface area contributed by atoms with Crippen LogP contribution in [0.15, 0.2) is 30.3 Å². The lowest BCUT2D eigenvalue weighted by Crippen LogP contribution is -2.33. The number of benzene rings is 1. The van der Waals surface area contributed by atoms with Crippen molar-refractivity contribution in [1.29, 1.82) is 0 Å². The lowest BCUT2D eigenvalue weighted by atomic mass is 10.2. The summed E-state index contributed by atoms with van der Waals surface area (Å²) in [5.74, 6) is -2.14. The Morgan fingerprint density at radius 2 is 1.75 bits per heavy atom. The summed E-state index contributed by atoms with van der Waals surface area (Å²) in [5, 5.41) is 2.15. The number of ether oxygens (including phenoxy) is 3. The predicted molar refractivity (Wildman–Crippen MR) is 106 cm³/mol. The third kappa shape index (κ3) is 10.6. The molecule has 1 aromatic rings. The molecule has 0 spiro atoms. The maximum Gasteiger partial charge on any atom is 0.410 e. The predicted octanol–water partition coefficient (Wildman–Crippen LogP) is 3.35. The molecule has 0 aliphatic carbocycles. The number of alkyl halides is 3. The van der Waals surface area contributed by atoms with E-state index in [1.807, 2.05) is 0 Å². The van der Waals surface area contributed by atoms with Gasteiger partial charge in [0.25, 0.3) is 0 Å². The maximum absolute atomic E-state index is 13.1. The highest BCUT2D eigenvalue weighted by atomic mass is 31.2. The molecule has 0 saturated carbocycles. The van der Waals surface area contributed by atoms with Crippen LogP contribution in [0.25, 0.3) is 0 Å². The van der Waals surface area contributed by atoms with Crippen molar-refractivity contribution in [2.45, 2.75) is 44.6 Å². The summed E-state index contributed by atoms with van der Waals surface area (Å²) in [4.78, 5) is 44.3. The van der Waals surface area contributed by atoms with Crippen molar-refractivity contribution in [1.82, 2.24) is 5.32 Å². The number of amides is 1. The van der Waals surface area contributed by atoms with Crippen LogP contribution in [0.4, 0.5) is 18.0 Å². The molecule has 1 amide bonds. The summed E-state index contributed by atoms with van der Waals surface area (Å²) in [6.45, 7) is 0.678. The first-order chi connectivity index (χ1) is 15.0. The van der Waals surface area contributed by atoms with E-state index in [4.69, 9.17) is 4.74 Å². The molecule has 32 heavy (non-hydrogen) atoms. The van der Waals surface area contributed by atoms with Gasteiger partial charge >= 0.3 is 24.2 Å². The molecule has 0 aliphatic heterocycles. The lowest BCUT2D eigenvalue weighted by Gasteiger charge is -2.24. The van der Waals surface area contributed by atoms with E-state index in [1.54, 1.807) is 30.3 Å². The monoisotopic (exact) mass is 483 g/mol.